The Bertz CT molecular complexity index is 213. The maximum atomic E-state index is 11.5. The lowest BCUT2D eigenvalue weighted by atomic mass is 9.86. The number of Topliss-reactive ketones (excluding diaryl/α,β-unsaturated/α-hetero) is 1. The van der Waals surface area contributed by atoms with E-state index in [1.807, 2.05) is 0 Å². The summed E-state index contributed by atoms with van der Waals surface area (Å²) < 4.78 is 0. The molecular formula is C12H18O. The fraction of sp³-hybridized carbons (Fsp3) is 0.750. The van der Waals surface area contributed by atoms with E-state index in [1.54, 1.807) is 0 Å². The molecule has 0 amide bonds. The fourth-order valence-electron chi connectivity index (χ4n) is 1.74. The van der Waals surface area contributed by atoms with Crippen LogP contribution in [0.3, 0.4) is 0 Å². The molecule has 0 bridgehead atoms. The normalized spacial score (nSPS) is 17.6. The minimum Gasteiger partial charge on any atom is -0.285 e. The van der Waals surface area contributed by atoms with Crippen molar-refractivity contribution in [2.75, 3.05) is 0 Å². The molecule has 0 aromatic rings. The van der Waals surface area contributed by atoms with E-state index in [1.165, 1.54) is 19.3 Å². The summed E-state index contributed by atoms with van der Waals surface area (Å²) in [6.45, 7) is 2.08. The molecule has 1 fully saturated rings. The molecule has 1 aliphatic rings. The van der Waals surface area contributed by atoms with E-state index in [0.29, 0.717) is 0 Å². The quantitative estimate of drug-likeness (QED) is 0.469. The van der Waals surface area contributed by atoms with E-state index in [-0.39, 0.29) is 11.7 Å². The van der Waals surface area contributed by atoms with E-state index >= 15 is 0 Å². The van der Waals surface area contributed by atoms with Crippen LogP contribution in [0.25, 0.3) is 0 Å². The van der Waals surface area contributed by atoms with Crippen LogP contribution in [0.4, 0.5) is 0 Å². The largest absolute Gasteiger partial charge is 0.285 e. The average Bonchev–Trinajstić information content (AvgIpc) is 2.19. The topological polar surface area (TPSA) is 17.1 Å². The van der Waals surface area contributed by atoms with Crippen molar-refractivity contribution in [2.24, 2.45) is 5.92 Å². The molecule has 0 heterocycles. The van der Waals surface area contributed by atoms with Crippen molar-refractivity contribution in [1.82, 2.24) is 0 Å². The van der Waals surface area contributed by atoms with E-state index in [4.69, 9.17) is 0 Å². The predicted octanol–water partition coefficient (Wildman–Crippen LogP) is 2.94. The van der Waals surface area contributed by atoms with Crippen molar-refractivity contribution in [3.63, 3.8) is 0 Å². The van der Waals surface area contributed by atoms with Crippen LogP contribution in [0, 0.1) is 17.8 Å². The molecule has 0 aromatic heterocycles. The third-order valence-corrected chi connectivity index (χ3v) is 2.56. The highest BCUT2D eigenvalue weighted by atomic mass is 16.1. The van der Waals surface area contributed by atoms with Gasteiger partial charge in [0.15, 0.2) is 0 Å². The van der Waals surface area contributed by atoms with E-state index in [2.05, 4.69) is 18.8 Å². The molecule has 1 rings (SSSR count). The Hall–Kier alpha value is -0.770. The van der Waals surface area contributed by atoms with Crippen LogP contribution in [0.2, 0.25) is 0 Å². The van der Waals surface area contributed by atoms with Gasteiger partial charge in [-0.05, 0) is 25.2 Å². The lowest BCUT2D eigenvalue weighted by Crippen LogP contribution is -2.15. The summed E-state index contributed by atoms with van der Waals surface area (Å²) in [7, 11) is 0. The summed E-state index contributed by atoms with van der Waals surface area (Å²) in [5.41, 5.74) is 0. The maximum absolute atomic E-state index is 11.5. The van der Waals surface area contributed by atoms with Crippen molar-refractivity contribution < 1.29 is 4.79 Å². The smallest absolute Gasteiger partial charge is 0.208 e. The van der Waals surface area contributed by atoms with Gasteiger partial charge in [0.05, 0.1) is 0 Å². The number of hydrogen-bond acceptors (Lipinski definition) is 1. The van der Waals surface area contributed by atoms with Gasteiger partial charge in [0, 0.05) is 12.3 Å². The van der Waals surface area contributed by atoms with Gasteiger partial charge in [-0.2, -0.15) is 0 Å². The van der Waals surface area contributed by atoms with Crippen molar-refractivity contribution in [3.05, 3.63) is 0 Å². The Labute approximate surface area is 80.9 Å². The third kappa shape index (κ3) is 3.63. The molecule has 1 nitrogen and oxygen atoms in total. The summed E-state index contributed by atoms with van der Waals surface area (Å²) in [5.74, 6) is 6.15. The van der Waals surface area contributed by atoms with Gasteiger partial charge < -0.3 is 0 Å². The third-order valence-electron chi connectivity index (χ3n) is 2.56. The summed E-state index contributed by atoms with van der Waals surface area (Å²) in [5, 5.41) is 0. The highest BCUT2D eigenvalue weighted by molar-refractivity contribution is 5.97. The molecule has 0 N–H and O–H groups in total. The molecule has 0 radical (unpaired) electrons. The lowest BCUT2D eigenvalue weighted by Gasteiger charge is -2.17. The van der Waals surface area contributed by atoms with Gasteiger partial charge in [-0.25, -0.2) is 0 Å². The molecule has 72 valence electrons. The van der Waals surface area contributed by atoms with Crippen LogP contribution in [0.1, 0.15) is 51.9 Å². The molecule has 0 atom stereocenters. The number of carbonyl (C=O) groups is 1. The summed E-state index contributed by atoms with van der Waals surface area (Å²) >= 11 is 0. The first kappa shape index (κ1) is 10.3. The standard InChI is InChI=1S/C12H18O/c1-2-3-5-10-12(13)11-8-6-4-7-9-11/h11H,2-4,6-9H2,1H3. The zero-order chi connectivity index (χ0) is 9.52. The van der Waals surface area contributed by atoms with Gasteiger partial charge in [0.1, 0.15) is 0 Å². The van der Waals surface area contributed by atoms with Gasteiger partial charge >= 0.3 is 0 Å². The summed E-state index contributed by atoms with van der Waals surface area (Å²) in [6.07, 6.45) is 7.77. The van der Waals surface area contributed by atoms with Crippen LogP contribution < -0.4 is 0 Å². The molecule has 0 unspecified atom stereocenters. The Morgan fingerprint density at radius 2 is 2.00 bits per heavy atom. The van der Waals surface area contributed by atoms with Gasteiger partial charge in [-0.15, -0.1) is 0 Å². The number of unbranched alkanes of at least 4 members (excludes halogenated alkanes) is 1. The van der Waals surface area contributed by atoms with Crippen LogP contribution in [-0.2, 0) is 4.79 Å². The maximum Gasteiger partial charge on any atom is 0.208 e. The first-order valence-electron chi connectivity index (χ1n) is 5.37. The predicted molar refractivity (Wildman–Crippen MR) is 54.3 cm³/mol. The molecule has 0 spiro atoms. The molecule has 1 saturated carbocycles. The Morgan fingerprint density at radius 3 is 2.62 bits per heavy atom. The second kappa shape index (κ2) is 5.80. The zero-order valence-corrected chi connectivity index (χ0v) is 8.44. The van der Waals surface area contributed by atoms with Crippen LogP contribution in [0.5, 0.6) is 0 Å². The molecule has 0 saturated heterocycles. The Kier molecular flexibility index (Phi) is 4.60. The second-order valence-corrected chi connectivity index (χ2v) is 3.75. The monoisotopic (exact) mass is 178 g/mol. The van der Waals surface area contributed by atoms with E-state index in [0.717, 1.165) is 25.7 Å². The SMILES string of the molecule is CCCC#CC(=O)C1CCCCC1. The number of ketones is 1. The van der Waals surface area contributed by atoms with Crippen molar-refractivity contribution >= 4 is 5.78 Å². The van der Waals surface area contributed by atoms with Gasteiger partial charge in [-0.3, -0.25) is 4.79 Å². The first-order valence-corrected chi connectivity index (χ1v) is 5.37. The second-order valence-electron chi connectivity index (χ2n) is 3.75. The van der Waals surface area contributed by atoms with Crippen molar-refractivity contribution in [1.29, 1.82) is 0 Å². The summed E-state index contributed by atoms with van der Waals surface area (Å²) in [6, 6.07) is 0. The number of hydrogen-bond donors (Lipinski definition) is 0. The van der Waals surface area contributed by atoms with Gasteiger partial charge in [0.2, 0.25) is 5.78 Å². The van der Waals surface area contributed by atoms with E-state index < -0.39 is 0 Å². The minimum atomic E-state index is 0.188. The Morgan fingerprint density at radius 1 is 1.31 bits per heavy atom. The first-order chi connectivity index (χ1) is 6.34. The molecule has 0 aliphatic heterocycles. The van der Waals surface area contributed by atoms with E-state index in [9.17, 15) is 4.79 Å². The highest BCUT2D eigenvalue weighted by Gasteiger charge is 2.18. The molecular weight excluding hydrogens is 160 g/mol. The number of rotatable bonds is 2. The number of carbonyl (C=O) groups excluding carboxylic acids is 1. The Balaban J connectivity index is 2.34. The van der Waals surface area contributed by atoms with Crippen molar-refractivity contribution in [3.8, 4) is 11.8 Å². The molecule has 1 aliphatic carbocycles. The van der Waals surface area contributed by atoms with Crippen LogP contribution in [0.15, 0.2) is 0 Å². The van der Waals surface area contributed by atoms with Crippen LogP contribution in [-0.4, -0.2) is 5.78 Å². The molecule has 13 heavy (non-hydrogen) atoms. The van der Waals surface area contributed by atoms with Gasteiger partial charge in [-0.1, -0.05) is 32.1 Å². The van der Waals surface area contributed by atoms with Crippen molar-refractivity contribution in [2.45, 2.75) is 51.9 Å². The van der Waals surface area contributed by atoms with Gasteiger partial charge in [0.25, 0.3) is 0 Å². The fourth-order valence-corrected chi connectivity index (χ4v) is 1.74. The average molecular weight is 178 g/mol. The van der Waals surface area contributed by atoms with Crippen LogP contribution >= 0.6 is 0 Å². The minimum absolute atomic E-state index is 0.188. The summed E-state index contributed by atoms with van der Waals surface area (Å²) in [4.78, 5) is 11.5. The highest BCUT2D eigenvalue weighted by Crippen LogP contribution is 2.23. The molecule has 1 heteroatoms. The molecule has 0 aromatic carbocycles. The lowest BCUT2D eigenvalue weighted by molar-refractivity contribution is -0.118. The zero-order valence-electron chi connectivity index (χ0n) is 8.44.